The maximum absolute atomic E-state index is 5.49. The molecule has 0 fully saturated rings. The minimum absolute atomic E-state index is 0.851. The molecule has 1 nitrogen and oxygen atoms in total. The Labute approximate surface area is 106 Å². The van der Waals surface area contributed by atoms with Gasteiger partial charge in [-0.15, -0.1) is 0 Å². The van der Waals surface area contributed by atoms with Crippen molar-refractivity contribution in [1.82, 2.24) is 0 Å². The molecular formula is C14H17BrO. The fraction of sp³-hybridized carbons (Fsp3) is 0.429. The minimum atomic E-state index is 0.851. The zero-order valence-corrected chi connectivity index (χ0v) is 11.0. The second-order valence-corrected chi connectivity index (χ2v) is 4.82. The third-order valence-corrected chi connectivity index (χ3v) is 3.25. The molecular weight excluding hydrogens is 264 g/mol. The Balaban J connectivity index is 1.86. The van der Waals surface area contributed by atoms with Crippen molar-refractivity contribution in [2.45, 2.75) is 25.7 Å². The Kier molecular flexibility index (Phi) is 4.46. The number of aryl methyl sites for hydroxylation is 1. The van der Waals surface area contributed by atoms with Gasteiger partial charge < -0.3 is 4.74 Å². The smallest absolute Gasteiger partial charge is 0.122 e. The molecule has 0 spiro atoms. The first kappa shape index (κ1) is 11.7. The first-order valence-corrected chi connectivity index (χ1v) is 6.98. The molecule has 1 aliphatic heterocycles. The van der Waals surface area contributed by atoms with E-state index in [9.17, 15) is 0 Å². The van der Waals surface area contributed by atoms with Crippen LogP contribution in [0.15, 0.2) is 30.4 Å². The van der Waals surface area contributed by atoms with Crippen LogP contribution in [-0.4, -0.2) is 11.9 Å². The van der Waals surface area contributed by atoms with Crippen LogP contribution in [0.5, 0.6) is 5.75 Å². The van der Waals surface area contributed by atoms with Crippen molar-refractivity contribution >= 4 is 15.9 Å². The molecule has 1 aromatic carbocycles. The number of rotatable bonds is 5. The molecule has 0 aliphatic carbocycles. The Bertz CT molecular complexity index is 371. The van der Waals surface area contributed by atoms with E-state index in [0.29, 0.717) is 0 Å². The summed E-state index contributed by atoms with van der Waals surface area (Å²) in [4.78, 5) is 0. The number of benzene rings is 1. The Hall–Kier alpha value is -0.760. The van der Waals surface area contributed by atoms with Crippen LogP contribution >= 0.6 is 15.9 Å². The number of halogens is 1. The highest BCUT2D eigenvalue weighted by Gasteiger charge is 2.11. The predicted octanol–water partition coefficient (Wildman–Crippen LogP) is 3.90. The average Bonchev–Trinajstić information content (AvgIpc) is 2.76. The number of fused-ring (bicyclic) bond motifs is 1. The van der Waals surface area contributed by atoms with Crippen LogP contribution in [0, 0.1) is 0 Å². The fourth-order valence-electron chi connectivity index (χ4n) is 1.94. The lowest BCUT2D eigenvalue weighted by Gasteiger charge is -2.02. The van der Waals surface area contributed by atoms with Gasteiger partial charge in [0.2, 0.25) is 0 Å². The molecule has 1 heterocycles. The van der Waals surface area contributed by atoms with Gasteiger partial charge in [0.15, 0.2) is 0 Å². The monoisotopic (exact) mass is 280 g/mol. The van der Waals surface area contributed by atoms with Crippen LogP contribution in [0.25, 0.3) is 0 Å². The van der Waals surface area contributed by atoms with Crippen molar-refractivity contribution < 1.29 is 4.74 Å². The van der Waals surface area contributed by atoms with Gasteiger partial charge in [0.05, 0.1) is 6.61 Å². The Morgan fingerprint density at radius 1 is 1.25 bits per heavy atom. The predicted molar refractivity (Wildman–Crippen MR) is 71.5 cm³/mol. The highest BCUT2D eigenvalue weighted by atomic mass is 79.9. The molecule has 0 unspecified atom stereocenters. The van der Waals surface area contributed by atoms with Crippen molar-refractivity contribution in [2.24, 2.45) is 0 Å². The Morgan fingerprint density at radius 2 is 2.12 bits per heavy atom. The van der Waals surface area contributed by atoms with Gasteiger partial charge in [0.1, 0.15) is 5.75 Å². The molecule has 86 valence electrons. The first-order valence-electron chi connectivity index (χ1n) is 5.86. The molecule has 0 bridgehead atoms. The molecule has 0 saturated heterocycles. The maximum atomic E-state index is 5.49. The van der Waals surface area contributed by atoms with Gasteiger partial charge in [-0.2, -0.15) is 0 Å². The summed E-state index contributed by atoms with van der Waals surface area (Å²) in [7, 11) is 0. The van der Waals surface area contributed by atoms with E-state index in [2.05, 4.69) is 46.3 Å². The lowest BCUT2D eigenvalue weighted by atomic mass is 10.0. The normalized spacial score (nSPS) is 14.1. The number of allylic oxidation sites excluding steroid dienone is 2. The van der Waals surface area contributed by atoms with E-state index in [0.717, 1.165) is 43.4 Å². The van der Waals surface area contributed by atoms with E-state index >= 15 is 0 Å². The van der Waals surface area contributed by atoms with Crippen molar-refractivity contribution in [1.29, 1.82) is 0 Å². The Morgan fingerprint density at radius 3 is 3.00 bits per heavy atom. The van der Waals surface area contributed by atoms with Crippen LogP contribution in [0.3, 0.4) is 0 Å². The molecule has 2 rings (SSSR count). The summed E-state index contributed by atoms with van der Waals surface area (Å²) >= 11 is 3.42. The third kappa shape index (κ3) is 3.11. The molecule has 1 aliphatic rings. The number of hydrogen-bond donors (Lipinski definition) is 0. The number of ether oxygens (including phenoxy) is 1. The van der Waals surface area contributed by atoms with Gasteiger partial charge in [0.25, 0.3) is 0 Å². The summed E-state index contributed by atoms with van der Waals surface area (Å²) < 4.78 is 5.49. The minimum Gasteiger partial charge on any atom is -0.493 e. The summed E-state index contributed by atoms with van der Waals surface area (Å²) in [6.45, 7) is 0.851. The molecule has 2 heteroatoms. The van der Waals surface area contributed by atoms with E-state index in [4.69, 9.17) is 4.74 Å². The van der Waals surface area contributed by atoms with Gasteiger partial charge in [-0.25, -0.2) is 0 Å². The topological polar surface area (TPSA) is 9.23 Å². The highest BCUT2D eigenvalue weighted by Crippen LogP contribution is 2.26. The summed E-state index contributed by atoms with van der Waals surface area (Å²) in [6, 6.07) is 6.59. The zero-order chi connectivity index (χ0) is 11.2. The molecule has 0 saturated carbocycles. The molecule has 16 heavy (non-hydrogen) atoms. The molecule has 1 aromatic rings. The van der Waals surface area contributed by atoms with E-state index in [1.165, 1.54) is 11.1 Å². The van der Waals surface area contributed by atoms with Gasteiger partial charge >= 0.3 is 0 Å². The summed E-state index contributed by atoms with van der Waals surface area (Å²) in [5.41, 5.74) is 2.80. The zero-order valence-electron chi connectivity index (χ0n) is 9.42. The number of hydrogen-bond acceptors (Lipinski definition) is 1. The van der Waals surface area contributed by atoms with E-state index in [-0.39, 0.29) is 0 Å². The lowest BCUT2D eigenvalue weighted by molar-refractivity contribution is 0.357. The second-order valence-electron chi connectivity index (χ2n) is 4.03. The lowest BCUT2D eigenvalue weighted by Crippen LogP contribution is -1.85. The number of alkyl halides is 1. The van der Waals surface area contributed by atoms with Crippen molar-refractivity contribution in [3.8, 4) is 5.75 Å². The van der Waals surface area contributed by atoms with Crippen LogP contribution in [0.2, 0.25) is 0 Å². The van der Waals surface area contributed by atoms with Crippen LogP contribution in [0.1, 0.15) is 24.0 Å². The van der Waals surface area contributed by atoms with Crippen LogP contribution in [-0.2, 0) is 12.8 Å². The SMILES string of the molecule is BrCCC=CCCc1ccc2c(c1)CCO2. The summed E-state index contributed by atoms with van der Waals surface area (Å²) in [6.07, 6.45) is 8.97. The maximum Gasteiger partial charge on any atom is 0.122 e. The largest absolute Gasteiger partial charge is 0.493 e. The second kappa shape index (κ2) is 6.09. The highest BCUT2D eigenvalue weighted by molar-refractivity contribution is 9.09. The van der Waals surface area contributed by atoms with Crippen LogP contribution in [0.4, 0.5) is 0 Å². The summed E-state index contributed by atoms with van der Waals surface area (Å²) in [5.74, 6) is 1.08. The fourth-order valence-corrected chi connectivity index (χ4v) is 2.21. The standard InChI is InChI=1S/C14H17BrO/c15-9-4-2-1-3-5-12-6-7-14-13(11-12)8-10-16-14/h1-2,6-7,11H,3-5,8-10H2. The van der Waals surface area contributed by atoms with Gasteiger partial charge in [-0.05, 0) is 36.5 Å². The van der Waals surface area contributed by atoms with Gasteiger partial charge in [0, 0.05) is 11.8 Å². The molecule has 0 N–H and O–H groups in total. The third-order valence-electron chi connectivity index (χ3n) is 2.80. The van der Waals surface area contributed by atoms with Gasteiger partial charge in [-0.3, -0.25) is 0 Å². The molecule has 0 aromatic heterocycles. The van der Waals surface area contributed by atoms with Crippen molar-refractivity contribution in [2.75, 3.05) is 11.9 Å². The van der Waals surface area contributed by atoms with Crippen molar-refractivity contribution in [3.05, 3.63) is 41.5 Å². The van der Waals surface area contributed by atoms with Gasteiger partial charge in [-0.1, -0.05) is 40.2 Å². The quantitative estimate of drug-likeness (QED) is 0.587. The van der Waals surface area contributed by atoms with E-state index in [1.54, 1.807) is 0 Å². The van der Waals surface area contributed by atoms with Crippen molar-refractivity contribution in [3.63, 3.8) is 0 Å². The van der Waals surface area contributed by atoms with Crippen LogP contribution < -0.4 is 4.74 Å². The first-order chi connectivity index (χ1) is 7.90. The molecule has 0 atom stereocenters. The molecule has 0 amide bonds. The van der Waals surface area contributed by atoms with E-state index in [1.807, 2.05) is 0 Å². The molecule has 0 radical (unpaired) electrons. The average molecular weight is 281 g/mol. The van der Waals surface area contributed by atoms with E-state index < -0.39 is 0 Å². The summed E-state index contributed by atoms with van der Waals surface area (Å²) in [5, 5.41) is 1.06.